The first-order chi connectivity index (χ1) is 11.3. The average molecular weight is 358 g/mol. The Kier molecular flexibility index (Phi) is 4.49. The summed E-state index contributed by atoms with van der Waals surface area (Å²) in [7, 11) is 0. The zero-order valence-corrected chi connectivity index (χ0v) is 15.4. The van der Waals surface area contributed by atoms with E-state index in [1.807, 2.05) is 43.3 Å². The van der Waals surface area contributed by atoms with Crippen molar-refractivity contribution in [3.63, 3.8) is 0 Å². The van der Waals surface area contributed by atoms with E-state index in [4.69, 9.17) is 0 Å². The van der Waals surface area contributed by atoms with Gasteiger partial charge in [0.05, 0.1) is 15.5 Å². The first kappa shape index (κ1) is 17.1. The number of carbonyl (C=O) groups excluding carboxylic acids is 3. The molecule has 0 amide bonds. The van der Waals surface area contributed by atoms with Gasteiger partial charge in [-0.3, -0.25) is 14.4 Å². The standard InChI is InChI=1S/C19H18O3S2/c1-11-17(21)19(3,24-18(11)22)10-13-4-6-14(7-5-13)16-9-8-15(23-16)12(2)20/h4-9,11H,10H2,1-3H3. The van der Waals surface area contributed by atoms with Crippen LogP contribution < -0.4 is 0 Å². The third kappa shape index (κ3) is 3.10. The molecule has 3 nitrogen and oxygen atoms in total. The quantitative estimate of drug-likeness (QED) is 0.600. The van der Waals surface area contributed by atoms with Gasteiger partial charge in [-0.25, -0.2) is 0 Å². The number of benzene rings is 1. The lowest BCUT2D eigenvalue weighted by molar-refractivity contribution is -0.127. The Hall–Kier alpha value is -1.72. The molecule has 24 heavy (non-hydrogen) atoms. The van der Waals surface area contributed by atoms with Crippen molar-refractivity contribution in [3.8, 4) is 10.4 Å². The lowest BCUT2D eigenvalue weighted by atomic mass is 9.90. The molecular formula is C19H18O3S2. The van der Waals surface area contributed by atoms with Gasteiger partial charge in [-0.15, -0.1) is 11.3 Å². The van der Waals surface area contributed by atoms with Crippen LogP contribution in [0.3, 0.4) is 0 Å². The second-order valence-electron chi connectivity index (χ2n) is 6.33. The summed E-state index contributed by atoms with van der Waals surface area (Å²) >= 11 is 2.64. The molecule has 1 saturated heterocycles. The highest BCUT2D eigenvalue weighted by molar-refractivity contribution is 8.16. The highest BCUT2D eigenvalue weighted by Crippen LogP contribution is 2.42. The predicted octanol–water partition coefficient (Wildman–Crippen LogP) is 4.40. The minimum Gasteiger partial charge on any atom is -0.297 e. The number of thiophene rings is 1. The number of hydrogen-bond donors (Lipinski definition) is 0. The third-order valence-corrected chi connectivity index (χ3v) is 6.91. The fraction of sp³-hybridized carbons (Fsp3) is 0.316. The first-order valence-corrected chi connectivity index (χ1v) is 9.41. The summed E-state index contributed by atoms with van der Waals surface area (Å²) in [5.74, 6) is -0.410. The van der Waals surface area contributed by atoms with Crippen molar-refractivity contribution in [1.29, 1.82) is 0 Å². The molecule has 1 aromatic heterocycles. The second-order valence-corrected chi connectivity index (χ2v) is 8.92. The van der Waals surface area contributed by atoms with Crippen molar-refractivity contribution in [2.24, 2.45) is 5.92 Å². The number of rotatable bonds is 4. The summed E-state index contributed by atoms with van der Waals surface area (Å²) in [6, 6.07) is 11.8. The Morgan fingerprint density at radius 2 is 1.79 bits per heavy atom. The van der Waals surface area contributed by atoms with Gasteiger partial charge in [-0.05, 0) is 50.5 Å². The Labute approximate surface area is 149 Å². The monoisotopic (exact) mass is 358 g/mol. The van der Waals surface area contributed by atoms with Gasteiger partial charge in [0.2, 0.25) is 0 Å². The average Bonchev–Trinajstić information content (AvgIpc) is 3.10. The van der Waals surface area contributed by atoms with Crippen LogP contribution in [-0.4, -0.2) is 21.4 Å². The molecule has 2 heterocycles. The Morgan fingerprint density at radius 3 is 2.29 bits per heavy atom. The molecule has 1 aromatic carbocycles. The van der Waals surface area contributed by atoms with E-state index >= 15 is 0 Å². The van der Waals surface area contributed by atoms with Gasteiger partial charge in [0, 0.05) is 4.88 Å². The normalized spacial score (nSPS) is 23.7. The van der Waals surface area contributed by atoms with E-state index in [1.165, 1.54) is 11.3 Å². The van der Waals surface area contributed by atoms with E-state index in [1.54, 1.807) is 13.8 Å². The van der Waals surface area contributed by atoms with Crippen LogP contribution in [0.1, 0.15) is 36.0 Å². The summed E-state index contributed by atoms with van der Waals surface area (Å²) in [5, 5.41) is -0.0329. The molecule has 0 N–H and O–H groups in total. The topological polar surface area (TPSA) is 51.2 Å². The van der Waals surface area contributed by atoms with Crippen LogP contribution in [0.4, 0.5) is 0 Å². The molecular weight excluding hydrogens is 340 g/mol. The van der Waals surface area contributed by atoms with Gasteiger partial charge >= 0.3 is 0 Å². The largest absolute Gasteiger partial charge is 0.297 e. The molecule has 1 aliphatic heterocycles. The van der Waals surface area contributed by atoms with Crippen molar-refractivity contribution in [2.45, 2.75) is 31.9 Å². The van der Waals surface area contributed by atoms with Crippen LogP contribution in [0.2, 0.25) is 0 Å². The molecule has 124 valence electrons. The van der Waals surface area contributed by atoms with Gasteiger partial charge in [0.15, 0.2) is 16.7 Å². The van der Waals surface area contributed by atoms with E-state index in [0.717, 1.165) is 32.6 Å². The third-order valence-electron chi connectivity index (χ3n) is 4.33. The van der Waals surface area contributed by atoms with E-state index in [0.29, 0.717) is 6.42 Å². The molecule has 0 aliphatic carbocycles. The van der Waals surface area contributed by atoms with Crippen molar-refractivity contribution in [2.75, 3.05) is 0 Å². The number of carbonyl (C=O) groups is 3. The fourth-order valence-corrected chi connectivity index (χ4v) is 5.06. The van der Waals surface area contributed by atoms with Gasteiger partial charge in [-0.1, -0.05) is 36.0 Å². The molecule has 1 fully saturated rings. The molecule has 2 unspecified atom stereocenters. The number of hydrogen-bond acceptors (Lipinski definition) is 5. The van der Waals surface area contributed by atoms with Crippen molar-refractivity contribution >= 4 is 39.8 Å². The van der Waals surface area contributed by atoms with Crippen LogP contribution in [-0.2, 0) is 16.0 Å². The minimum atomic E-state index is -0.664. The lowest BCUT2D eigenvalue weighted by Crippen LogP contribution is -2.32. The summed E-state index contributed by atoms with van der Waals surface area (Å²) in [6.07, 6.45) is 0.552. The van der Waals surface area contributed by atoms with Crippen molar-refractivity contribution in [3.05, 3.63) is 46.8 Å². The minimum absolute atomic E-state index is 0.0194. The van der Waals surface area contributed by atoms with Gasteiger partial charge in [0.1, 0.15) is 0 Å². The molecule has 0 saturated carbocycles. The lowest BCUT2D eigenvalue weighted by Gasteiger charge is -2.20. The molecule has 5 heteroatoms. The summed E-state index contributed by atoms with van der Waals surface area (Å²) in [4.78, 5) is 37.3. The van der Waals surface area contributed by atoms with E-state index in [2.05, 4.69) is 0 Å². The molecule has 3 rings (SSSR count). The highest BCUT2D eigenvalue weighted by atomic mass is 32.2. The van der Waals surface area contributed by atoms with Crippen LogP contribution in [0, 0.1) is 5.92 Å². The molecule has 1 aliphatic rings. The SMILES string of the molecule is CC(=O)c1ccc(-c2ccc(CC3(C)SC(=O)C(C)C3=O)cc2)s1. The smallest absolute Gasteiger partial charge is 0.200 e. The number of Topliss-reactive ketones (excluding diaryl/α,β-unsaturated/α-hetero) is 2. The summed E-state index contributed by atoms with van der Waals surface area (Å²) in [6.45, 7) is 5.11. The molecule has 2 aromatic rings. The molecule has 2 atom stereocenters. The maximum Gasteiger partial charge on any atom is 0.200 e. The molecule has 0 bridgehead atoms. The van der Waals surface area contributed by atoms with E-state index in [9.17, 15) is 14.4 Å². The summed E-state index contributed by atoms with van der Waals surface area (Å²) < 4.78 is -0.664. The van der Waals surface area contributed by atoms with Crippen LogP contribution in [0.15, 0.2) is 36.4 Å². The van der Waals surface area contributed by atoms with Crippen LogP contribution >= 0.6 is 23.1 Å². The van der Waals surface area contributed by atoms with E-state index in [-0.39, 0.29) is 16.7 Å². The fourth-order valence-electron chi connectivity index (χ4n) is 2.91. The van der Waals surface area contributed by atoms with Gasteiger partial charge < -0.3 is 0 Å². The second kappa shape index (κ2) is 6.30. The van der Waals surface area contributed by atoms with Crippen LogP contribution in [0.25, 0.3) is 10.4 Å². The highest BCUT2D eigenvalue weighted by Gasteiger charge is 2.48. The molecule has 0 spiro atoms. The predicted molar refractivity (Wildman–Crippen MR) is 98.6 cm³/mol. The number of ketones is 2. The van der Waals surface area contributed by atoms with Crippen molar-refractivity contribution < 1.29 is 14.4 Å². The number of thioether (sulfide) groups is 1. The van der Waals surface area contributed by atoms with Gasteiger partial charge in [0.25, 0.3) is 0 Å². The Balaban J connectivity index is 1.78. The van der Waals surface area contributed by atoms with Crippen LogP contribution in [0.5, 0.6) is 0 Å². The Morgan fingerprint density at radius 1 is 1.12 bits per heavy atom. The van der Waals surface area contributed by atoms with Gasteiger partial charge in [-0.2, -0.15) is 0 Å². The summed E-state index contributed by atoms with van der Waals surface area (Å²) in [5.41, 5.74) is 2.09. The zero-order valence-electron chi connectivity index (χ0n) is 13.8. The maximum atomic E-state index is 12.3. The maximum absolute atomic E-state index is 12.3. The molecule has 0 radical (unpaired) electrons. The van der Waals surface area contributed by atoms with E-state index < -0.39 is 10.7 Å². The first-order valence-electron chi connectivity index (χ1n) is 7.77. The zero-order chi connectivity index (χ0) is 17.5. The van der Waals surface area contributed by atoms with Crippen molar-refractivity contribution in [1.82, 2.24) is 0 Å². The Bertz CT molecular complexity index is 819.